The van der Waals surface area contributed by atoms with E-state index in [1.54, 1.807) is 0 Å². The lowest BCUT2D eigenvalue weighted by Crippen LogP contribution is -2.37. The topological polar surface area (TPSA) is 108 Å². The quantitative estimate of drug-likeness (QED) is 0.0211. The molecular formula is C64H117NO8P+. The first-order valence-corrected chi connectivity index (χ1v) is 32.2. The number of hydrogen-bond donors (Lipinski definition) is 1. The second-order valence-corrected chi connectivity index (χ2v) is 23.2. The highest BCUT2D eigenvalue weighted by molar-refractivity contribution is 7.47. The molecule has 2 atom stereocenters. The maximum absolute atomic E-state index is 12.8. The van der Waals surface area contributed by atoms with Crippen molar-refractivity contribution < 1.29 is 42.1 Å². The summed E-state index contributed by atoms with van der Waals surface area (Å²) in [7, 11) is 1.49. The largest absolute Gasteiger partial charge is 0.472 e. The lowest BCUT2D eigenvalue weighted by Gasteiger charge is -2.24. The van der Waals surface area contributed by atoms with E-state index >= 15 is 0 Å². The summed E-state index contributed by atoms with van der Waals surface area (Å²) in [4.78, 5) is 35.6. The Kier molecular flexibility index (Phi) is 53.3. The molecular weight excluding hydrogens is 942 g/mol. The summed E-state index contributed by atoms with van der Waals surface area (Å²) < 4.78 is 34.5. The van der Waals surface area contributed by atoms with Crippen molar-refractivity contribution in [3.63, 3.8) is 0 Å². The molecule has 0 rings (SSSR count). The average molecular weight is 1060 g/mol. The Morgan fingerprint density at radius 2 is 0.770 bits per heavy atom. The maximum Gasteiger partial charge on any atom is 0.472 e. The van der Waals surface area contributed by atoms with Crippen molar-refractivity contribution in [3.8, 4) is 0 Å². The highest BCUT2D eigenvalue weighted by Gasteiger charge is 2.27. The third kappa shape index (κ3) is 58.7. The molecule has 0 bridgehead atoms. The summed E-state index contributed by atoms with van der Waals surface area (Å²) in [6.07, 6.45) is 72.8. The van der Waals surface area contributed by atoms with Gasteiger partial charge in [-0.1, -0.05) is 267 Å². The van der Waals surface area contributed by atoms with Crippen LogP contribution in [-0.4, -0.2) is 74.9 Å². The number of likely N-dealkylation sites (N-methyl/N-ethyl adjacent to an activating group) is 1. The molecule has 0 aromatic rings. The number of ether oxygens (including phenoxy) is 2. The van der Waals surface area contributed by atoms with Crippen LogP contribution in [0.3, 0.4) is 0 Å². The summed E-state index contributed by atoms with van der Waals surface area (Å²) in [5, 5.41) is 0. The van der Waals surface area contributed by atoms with Crippen LogP contribution in [0.5, 0.6) is 0 Å². The molecule has 0 amide bonds. The van der Waals surface area contributed by atoms with Gasteiger partial charge in [0.05, 0.1) is 27.7 Å². The van der Waals surface area contributed by atoms with Gasteiger partial charge in [-0.05, 0) is 64.2 Å². The van der Waals surface area contributed by atoms with E-state index in [9.17, 15) is 19.0 Å². The molecule has 0 aromatic heterocycles. The van der Waals surface area contributed by atoms with Crippen molar-refractivity contribution in [2.24, 2.45) is 0 Å². The summed E-state index contributed by atoms with van der Waals surface area (Å²) in [6, 6.07) is 0. The van der Waals surface area contributed by atoms with Crippen LogP contribution in [0.2, 0.25) is 0 Å². The Bertz CT molecular complexity index is 1480. The minimum absolute atomic E-state index is 0.0327. The lowest BCUT2D eigenvalue weighted by atomic mass is 10.0. The number of carbonyl (C=O) groups is 2. The molecule has 0 aliphatic carbocycles. The standard InChI is InChI=1S/C64H116NO8P/c1-6-8-10-12-14-16-18-20-21-22-23-24-25-26-27-28-29-30-31-32-33-34-35-36-37-38-39-40-41-42-43-45-47-49-51-53-55-57-64(67)73-62(61-72-74(68,69)71-59-58-65(3,4)5)60-70-63(66)56-54-52-50-48-46-44-19-17-15-13-11-9-7-2/h8,10,14,16,20-21,23-24,26-27,29-30,62H,6-7,9,11-13,15,17-19,22,25,28,31-61H2,1-5H3/p+1/b10-8-,16-14-,21-20-,24-23-,27-26-,30-29-. The number of hydrogen-bond acceptors (Lipinski definition) is 7. The number of nitrogens with zero attached hydrogens (tertiary/aromatic N) is 1. The molecule has 0 aliphatic heterocycles. The predicted molar refractivity (Wildman–Crippen MR) is 316 cm³/mol. The van der Waals surface area contributed by atoms with Crippen LogP contribution in [0.1, 0.15) is 271 Å². The fraction of sp³-hybridized carbons (Fsp3) is 0.781. The highest BCUT2D eigenvalue weighted by Crippen LogP contribution is 2.43. The monoisotopic (exact) mass is 1060 g/mol. The summed E-state index contributed by atoms with van der Waals surface area (Å²) in [6.45, 7) is 4.34. The number of carbonyl (C=O) groups excluding carboxylic acids is 2. The molecule has 0 radical (unpaired) electrons. The Morgan fingerprint density at radius 3 is 1.15 bits per heavy atom. The predicted octanol–water partition coefficient (Wildman–Crippen LogP) is 19.3. The van der Waals surface area contributed by atoms with Crippen molar-refractivity contribution >= 4 is 19.8 Å². The Hall–Kier alpha value is -2.55. The van der Waals surface area contributed by atoms with E-state index in [4.69, 9.17) is 18.5 Å². The molecule has 430 valence electrons. The molecule has 0 spiro atoms. The summed E-state index contributed by atoms with van der Waals surface area (Å²) >= 11 is 0. The number of rotatable bonds is 56. The number of unbranched alkanes of at least 4 members (excludes halogenated alkanes) is 30. The molecule has 1 N–H and O–H groups in total. The number of esters is 2. The van der Waals surface area contributed by atoms with Gasteiger partial charge in [0, 0.05) is 12.8 Å². The van der Waals surface area contributed by atoms with Crippen molar-refractivity contribution in [1.29, 1.82) is 0 Å². The molecule has 0 aliphatic rings. The van der Waals surface area contributed by atoms with Gasteiger partial charge in [-0.15, -0.1) is 0 Å². The van der Waals surface area contributed by atoms with Crippen LogP contribution in [0.4, 0.5) is 0 Å². The van der Waals surface area contributed by atoms with Gasteiger partial charge in [0.2, 0.25) is 0 Å². The highest BCUT2D eigenvalue weighted by atomic mass is 31.2. The smallest absolute Gasteiger partial charge is 0.462 e. The first kappa shape index (κ1) is 71.5. The van der Waals surface area contributed by atoms with E-state index in [1.165, 1.54) is 167 Å². The molecule has 10 heteroatoms. The van der Waals surface area contributed by atoms with Crippen LogP contribution in [0.25, 0.3) is 0 Å². The Balaban J connectivity index is 3.97. The van der Waals surface area contributed by atoms with Crippen LogP contribution in [0, 0.1) is 0 Å². The molecule has 0 saturated carbocycles. The van der Waals surface area contributed by atoms with Crippen LogP contribution in [0.15, 0.2) is 72.9 Å². The van der Waals surface area contributed by atoms with Crippen molar-refractivity contribution in [1.82, 2.24) is 0 Å². The van der Waals surface area contributed by atoms with E-state index in [0.717, 1.165) is 70.6 Å². The van der Waals surface area contributed by atoms with Gasteiger partial charge in [-0.25, -0.2) is 4.57 Å². The second kappa shape index (κ2) is 55.2. The van der Waals surface area contributed by atoms with E-state index in [2.05, 4.69) is 86.8 Å². The first-order valence-electron chi connectivity index (χ1n) is 30.7. The number of phosphoric ester groups is 1. The molecule has 0 fully saturated rings. The Morgan fingerprint density at radius 1 is 0.432 bits per heavy atom. The molecule has 2 unspecified atom stereocenters. The van der Waals surface area contributed by atoms with Gasteiger partial charge in [0.1, 0.15) is 19.8 Å². The Labute approximate surface area is 457 Å². The maximum atomic E-state index is 12.8. The van der Waals surface area contributed by atoms with Crippen molar-refractivity contribution in [2.75, 3.05) is 47.5 Å². The SMILES string of the molecule is CC/C=C\C/C=C\C/C=C\C/C=C\C/C=C\C/C=C\CCCCCCCCCCCCCCCCCCCCC(=O)OC(COC(=O)CCCCCCCCCCCCCCC)COP(=O)(O)OCC[N+](C)(C)C. The van der Waals surface area contributed by atoms with Gasteiger partial charge in [-0.2, -0.15) is 0 Å². The van der Waals surface area contributed by atoms with Crippen molar-refractivity contribution in [3.05, 3.63) is 72.9 Å². The van der Waals surface area contributed by atoms with E-state index in [-0.39, 0.29) is 25.6 Å². The van der Waals surface area contributed by atoms with Crippen LogP contribution in [-0.2, 0) is 32.7 Å². The molecule has 0 heterocycles. The zero-order valence-corrected chi connectivity index (χ0v) is 49.7. The molecule has 0 aromatic carbocycles. The third-order valence-corrected chi connectivity index (χ3v) is 14.2. The van der Waals surface area contributed by atoms with Crippen molar-refractivity contribution in [2.45, 2.75) is 277 Å². The fourth-order valence-corrected chi connectivity index (χ4v) is 9.29. The normalized spacial score (nSPS) is 13.8. The van der Waals surface area contributed by atoms with Gasteiger partial charge >= 0.3 is 19.8 Å². The summed E-state index contributed by atoms with van der Waals surface area (Å²) in [5.41, 5.74) is 0. The zero-order valence-electron chi connectivity index (χ0n) is 48.8. The van der Waals surface area contributed by atoms with E-state index in [1.807, 2.05) is 21.1 Å². The van der Waals surface area contributed by atoms with Gasteiger partial charge in [0.15, 0.2) is 6.10 Å². The molecule has 9 nitrogen and oxygen atoms in total. The second-order valence-electron chi connectivity index (χ2n) is 21.7. The van der Waals surface area contributed by atoms with Crippen LogP contribution < -0.4 is 0 Å². The fourth-order valence-electron chi connectivity index (χ4n) is 8.55. The van der Waals surface area contributed by atoms with E-state index < -0.39 is 26.5 Å². The number of quaternary nitrogens is 1. The van der Waals surface area contributed by atoms with E-state index in [0.29, 0.717) is 23.9 Å². The molecule has 0 saturated heterocycles. The van der Waals surface area contributed by atoms with Gasteiger partial charge < -0.3 is 18.9 Å². The van der Waals surface area contributed by atoms with Gasteiger partial charge in [-0.3, -0.25) is 18.6 Å². The average Bonchev–Trinajstić information content (AvgIpc) is 3.36. The number of allylic oxidation sites excluding steroid dienone is 12. The first-order chi connectivity index (χ1) is 36.0. The zero-order chi connectivity index (χ0) is 54.2. The minimum Gasteiger partial charge on any atom is -0.462 e. The van der Waals surface area contributed by atoms with Gasteiger partial charge in [0.25, 0.3) is 0 Å². The summed E-state index contributed by atoms with van der Waals surface area (Å²) in [5.74, 6) is -0.787. The third-order valence-electron chi connectivity index (χ3n) is 13.3. The molecule has 74 heavy (non-hydrogen) atoms. The number of phosphoric acid groups is 1. The van der Waals surface area contributed by atoms with Crippen LogP contribution >= 0.6 is 7.82 Å². The minimum atomic E-state index is -4.38. The lowest BCUT2D eigenvalue weighted by molar-refractivity contribution is -0.870.